The molecule has 0 bridgehead atoms. The Hall–Kier alpha value is -3.92. The third-order valence-electron chi connectivity index (χ3n) is 4.88. The lowest BCUT2D eigenvalue weighted by molar-refractivity contribution is -0.117. The number of para-hydroxylation sites is 1. The number of carbonyl (C=O) groups excluding carboxylic acids is 3. The maximum atomic E-state index is 12.4. The molecule has 0 aliphatic carbocycles. The minimum absolute atomic E-state index is 0.0502. The molecule has 1 aliphatic rings. The van der Waals surface area contributed by atoms with Gasteiger partial charge in [0.25, 0.3) is 11.7 Å². The van der Waals surface area contributed by atoms with Crippen molar-refractivity contribution in [1.82, 2.24) is 20.0 Å². The summed E-state index contributed by atoms with van der Waals surface area (Å²) >= 11 is 1.41. The van der Waals surface area contributed by atoms with Crippen molar-refractivity contribution < 1.29 is 14.4 Å². The molecule has 0 saturated heterocycles. The number of hydrogen-bond donors (Lipinski definition) is 1. The highest BCUT2D eigenvalue weighted by Gasteiger charge is 2.35. The van der Waals surface area contributed by atoms with Gasteiger partial charge in [0.2, 0.25) is 5.91 Å². The van der Waals surface area contributed by atoms with Gasteiger partial charge in [0, 0.05) is 0 Å². The quantitative estimate of drug-likeness (QED) is 0.486. The van der Waals surface area contributed by atoms with E-state index in [4.69, 9.17) is 0 Å². The molecule has 2 amide bonds. The number of amides is 2. The van der Waals surface area contributed by atoms with E-state index in [0.717, 1.165) is 15.8 Å². The Morgan fingerprint density at radius 3 is 2.87 bits per heavy atom. The van der Waals surface area contributed by atoms with Crippen LogP contribution in [0.5, 0.6) is 0 Å². The average molecular weight is 432 g/mol. The monoisotopic (exact) mass is 432 g/mol. The molecule has 31 heavy (non-hydrogen) atoms. The van der Waals surface area contributed by atoms with Gasteiger partial charge < -0.3 is 5.32 Å². The number of carbonyl (C=O) groups is 3. The van der Waals surface area contributed by atoms with Gasteiger partial charge in [0.1, 0.15) is 12.2 Å². The van der Waals surface area contributed by atoms with Gasteiger partial charge in [-0.2, -0.15) is 0 Å². The fraction of sp³-hybridized carbons (Fsp3) is 0.143. The van der Waals surface area contributed by atoms with Crippen molar-refractivity contribution in [2.24, 2.45) is 0 Å². The fourth-order valence-corrected chi connectivity index (χ4v) is 4.43. The maximum absolute atomic E-state index is 12.4. The Labute approximate surface area is 180 Å². The summed E-state index contributed by atoms with van der Waals surface area (Å²) < 4.78 is 2.39. The summed E-state index contributed by atoms with van der Waals surface area (Å²) in [6.07, 6.45) is 1.58. The van der Waals surface area contributed by atoms with Crippen molar-refractivity contribution in [2.75, 3.05) is 10.2 Å². The van der Waals surface area contributed by atoms with Crippen molar-refractivity contribution >= 4 is 50.0 Å². The SMILES string of the molecule is Cc1ccc2nc(NC(=O)Cn3cc(CN4C(=O)C(=O)c5ccccc54)nn3)sc2c1. The molecule has 1 N–H and O–H groups in total. The number of aromatic nitrogens is 4. The number of Topliss-reactive ketones (excluding diaryl/α,β-unsaturated/α-hetero) is 1. The molecule has 0 unspecified atom stereocenters. The van der Waals surface area contributed by atoms with Crippen LogP contribution in [0.15, 0.2) is 48.7 Å². The first-order chi connectivity index (χ1) is 15.0. The van der Waals surface area contributed by atoms with Crippen LogP contribution in [0.4, 0.5) is 10.8 Å². The Morgan fingerprint density at radius 1 is 1.16 bits per heavy atom. The smallest absolute Gasteiger partial charge is 0.299 e. The summed E-state index contributed by atoms with van der Waals surface area (Å²) in [5.41, 5.74) is 3.37. The number of rotatable bonds is 5. The Balaban J connectivity index is 1.26. The highest BCUT2D eigenvalue weighted by Crippen LogP contribution is 2.29. The van der Waals surface area contributed by atoms with Crippen LogP contribution in [-0.2, 0) is 22.7 Å². The van der Waals surface area contributed by atoms with Gasteiger partial charge in [-0.15, -0.1) is 5.10 Å². The fourth-order valence-electron chi connectivity index (χ4n) is 3.45. The minimum atomic E-state index is -0.598. The molecule has 0 spiro atoms. The van der Waals surface area contributed by atoms with E-state index in [9.17, 15) is 14.4 Å². The molecular weight excluding hydrogens is 416 g/mol. The molecule has 4 aromatic rings. The molecule has 0 atom stereocenters. The second-order valence-corrected chi connectivity index (χ2v) is 8.21. The van der Waals surface area contributed by atoms with Gasteiger partial charge in [-0.1, -0.05) is 34.7 Å². The predicted molar refractivity (Wildman–Crippen MR) is 115 cm³/mol. The van der Waals surface area contributed by atoms with Crippen LogP contribution in [0.2, 0.25) is 0 Å². The van der Waals surface area contributed by atoms with Gasteiger partial charge in [-0.3, -0.25) is 19.3 Å². The zero-order chi connectivity index (χ0) is 21.5. The lowest BCUT2D eigenvalue weighted by atomic mass is 10.1. The normalized spacial score (nSPS) is 13.1. The molecule has 9 nitrogen and oxygen atoms in total. The van der Waals surface area contributed by atoms with Gasteiger partial charge in [-0.05, 0) is 36.8 Å². The number of nitrogens with zero attached hydrogens (tertiary/aromatic N) is 5. The van der Waals surface area contributed by atoms with E-state index in [0.29, 0.717) is 22.1 Å². The van der Waals surface area contributed by atoms with E-state index in [1.54, 1.807) is 30.5 Å². The third kappa shape index (κ3) is 3.57. The number of ketones is 1. The van der Waals surface area contributed by atoms with Crippen LogP contribution in [-0.4, -0.2) is 37.6 Å². The van der Waals surface area contributed by atoms with Crippen LogP contribution < -0.4 is 10.2 Å². The number of anilines is 2. The lowest BCUT2D eigenvalue weighted by Gasteiger charge is -2.14. The molecule has 3 heterocycles. The molecule has 10 heteroatoms. The van der Waals surface area contributed by atoms with E-state index in [1.165, 1.54) is 20.9 Å². The second-order valence-electron chi connectivity index (χ2n) is 7.18. The molecule has 154 valence electrons. The van der Waals surface area contributed by atoms with Crippen molar-refractivity contribution in [2.45, 2.75) is 20.0 Å². The zero-order valence-electron chi connectivity index (χ0n) is 16.4. The van der Waals surface area contributed by atoms with Crippen molar-refractivity contribution in [3.63, 3.8) is 0 Å². The summed E-state index contributed by atoms with van der Waals surface area (Å²) in [5, 5.41) is 11.3. The summed E-state index contributed by atoms with van der Waals surface area (Å²) in [6.45, 7) is 2.05. The van der Waals surface area contributed by atoms with Crippen LogP contribution in [0, 0.1) is 6.92 Å². The summed E-state index contributed by atoms with van der Waals surface area (Å²) in [6, 6.07) is 12.7. The number of hydrogen-bond acceptors (Lipinski definition) is 7. The van der Waals surface area contributed by atoms with Crippen molar-refractivity contribution in [1.29, 1.82) is 0 Å². The summed E-state index contributed by atoms with van der Waals surface area (Å²) in [5.74, 6) is -1.42. The molecule has 0 saturated carbocycles. The van der Waals surface area contributed by atoms with E-state index >= 15 is 0 Å². The number of nitrogens with one attached hydrogen (secondary N) is 1. The van der Waals surface area contributed by atoms with Gasteiger partial charge >= 0.3 is 0 Å². The molecule has 0 fully saturated rings. The van der Waals surface area contributed by atoms with Gasteiger partial charge in [0.15, 0.2) is 5.13 Å². The molecule has 1 aliphatic heterocycles. The van der Waals surface area contributed by atoms with E-state index in [-0.39, 0.29) is 19.0 Å². The lowest BCUT2D eigenvalue weighted by Crippen LogP contribution is -2.29. The van der Waals surface area contributed by atoms with E-state index in [1.807, 2.05) is 25.1 Å². The maximum Gasteiger partial charge on any atom is 0.299 e. The molecule has 5 rings (SSSR count). The average Bonchev–Trinajstić information content (AvgIpc) is 3.41. The van der Waals surface area contributed by atoms with Crippen LogP contribution in [0.25, 0.3) is 10.2 Å². The summed E-state index contributed by atoms with van der Waals surface area (Å²) in [7, 11) is 0. The largest absolute Gasteiger partial charge is 0.300 e. The van der Waals surface area contributed by atoms with Crippen LogP contribution in [0.3, 0.4) is 0 Å². The van der Waals surface area contributed by atoms with Gasteiger partial charge in [0.05, 0.1) is 34.2 Å². The first kappa shape index (κ1) is 19.1. The standard InChI is InChI=1S/C21H16N6O3S/c1-12-6-7-15-17(8-12)31-21(22-15)23-18(28)11-26-9-13(24-25-26)10-27-16-5-3-2-4-14(16)19(29)20(27)30/h2-9H,10-11H2,1H3,(H,22,23,28). The molecule has 2 aromatic carbocycles. The van der Waals surface area contributed by atoms with Crippen molar-refractivity contribution in [3.8, 4) is 0 Å². The topological polar surface area (TPSA) is 110 Å². The first-order valence-electron chi connectivity index (χ1n) is 9.49. The molecular formula is C21H16N6O3S. The number of aryl methyl sites for hydroxylation is 1. The summed E-state index contributed by atoms with van der Waals surface area (Å²) in [4.78, 5) is 42.6. The Kier molecular flexibility index (Phi) is 4.55. The van der Waals surface area contributed by atoms with E-state index < -0.39 is 11.7 Å². The van der Waals surface area contributed by atoms with E-state index in [2.05, 4.69) is 20.6 Å². The third-order valence-corrected chi connectivity index (χ3v) is 5.81. The Morgan fingerprint density at radius 2 is 2.00 bits per heavy atom. The van der Waals surface area contributed by atoms with Crippen LogP contribution >= 0.6 is 11.3 Å². The number of thiazole rings is 1. The molecule has 2 aromatic heterocycles. The van der Waals surface area contributed by atoms with Crippen LogP contribution in [0.1, 0.15) is 21.6 Å². The van der Waals surface area contributed by atoms with Crippen molar-refractivity contribution in [3.05, 3.63) is 65.5 Å². The second kappa shape index (κ2) is 7.40. The number of fused-ring (bicyclic) bond motifs is 2. The Bertz CT molecular complexity index is 1360. The van der Waals surface area contributed by atoms with Gasteiger partial charge in [-0.25, -0.2) is 9.67 Å². The predicted octanol–water partition coefficient (Wildman–Crippen LogP) is 2.56. The first-order valence-corrected chi connectivity index (χ1v) is 10.3. The highest BCUT2D eigenvalue weighted by atomic mass is 32.1. The number of benzene rings is 2. The molecule has 0 radical (unpaired) electrons. The minimum Gasteiger partial charge on any atom is -0.300 e. The zero-order valence-corrected chi connectivity index (χ0v) is 17.2. The highest BCUT2D eigenvalue weighted by molar-refractivity contribution is 7.22.